The van der Waals surface area contributed by atoms with Crippen molar-refractivity contribution in [3.63, 3.8) is 0 Å². The Morgan fingerprint density at radius 2 is 1.83 bits per heavy atom. The SMILES string of the molecule is O=C(Cn1nc2ccccc2n1)NC[C@@H]1OCCc2ccccc21. The third-order valence-corrected chi connectivity index (χ3v) is 4.19. The lowest BCUT2D eigenvalue weighted by molar-refractivity contribution is -0.122. The first-order valence-electron chi connectivity index (χ1n) is 8.05. The molecule has 0 radical (unpaired) electrons. The van der Waals surface area contributed by atoms with Crippen LogP contribution in [0.4, 0.5) is 0 Å². The molecule has 2 heterocycles. The average Bonchev–Trinajstić information content (AvgIpc) is 3.02. The molecule has 2 aromatic carbocycles. The summed E-state index contributed by atoms with van der Waals surface area (Å²) in [5.74, 6) is -0.123. The van der Waals surface area contributed by atoms with E-state index in [0.29, 0.717) is 13.2 Å². The van der Waals surface area contributed by atoms with Crippen LogP contribution in [0, 0.1) is 0 Å². The zero-order valence-corrected chi connectivity index (χ0v) is 13.2. The molecule has 6 nitrogen and oxygen atoms in total. The third kappa shape index (κ3) is 3.00. The summed E-state index contributed by atoms with van der Waals surface area (Å²) in [7, 11) is 0. The van der Waals surface area contributed by atoms with E-state index in [-0.39, 0.29) is 18.6 Å². The van der Waals surface area contributed by atoms with Crippen LogP contribution in [0.3, 0.4) is 0 Å². The lowest BCUT2D eigenvalue weighted by Crippen LogP contribution is -2.34. The van der Waals surface area contributed by atoms with Gasteiger partial charge in [0.1, 0.15) is 23.7 Å². The molecule has 0 saturated carbocycles. The van der Waals surface area contributed by atoms with Crippen LogP contribution in [0.2, 0.25) is 0 Å². The van der Waals surface area contributed by atoms with Gasteiger partial charge in [0.25, 0.3) is 0 Å². The molecule has 0 saturated heterocycles. The number of nitrogens with one attached hydrogen (secondary N) is 1. The van der Waals surface area contributed by atoms with Crippen molar-refractivity contribution in [2.45, 2.75) is 19.1 Å². The minimum atomic E-state index is -0.123. The minimum Gasteiger partial charge on any atom is -0.371 e. The first kappa shape index (κ1) is 14.8. The molecule has 24 heavy (non-hydrogen) atoms. The van der Waals surface area contributed by atoms with Gasteiger partial charge in [-0.3, -0.25) is 4.79 Å². The van der Waals surface area contributed by atoms with Crippen molar-refractivity contribution in [2.75, 3.05) is 13.2 Å². The fraction of sp³-hybridized carbons (Fsp3) is 0.278. The number of rotatable bonds is 4. The molecule has 1 aliphatic rings. The number of benzene rings is 2. The Morgan fingerprint density at radius 3 is 2.62 bits per heavy atom. The smallest absolute Gasteiger partial charge is 0.243 e. The van der Waals surface area contributed by atoms with Gasteiger partial charge in [-0.05, 0) is 29.7 Å². The van der Waals surface area contributed by atoms with Crippen molar-refractivity contribution in [3.8, 4) is 0 Å². The first-order valence-corrected chi connectivity index (χ1v) is 8.05. The first-order chi connectivity index (χ1) is 11.8. The molecule has 122 valence electrons. The molecule has 4 rings (SSSR count). The van der Waals surface area contributed by atoms with Gasteiger partial charge in [-0.1, -0.05) is 36.4 Å². The van der Waals surface area contributed by atoms with Gasteiger partial charge >= 0.3 is 0 Å². The standard InChI is InChI=1S/C18H18N4O2/c23-18(12-22-20-15-7-3-4-8-16(15)21-22)19-11-17-14-6-2-1-5-13(14)9-10-24-17/h1-8,17H,9-12H2,(H,19,23)/t17-/m0/s1. The average molecular weight is 322 g/mol. The van der Waals surface area contributed by atoms with Crippen LogP contribution >= 0.6 is 0 Å². The zero-order valence-electron chi connectivity index (χ0n) is 13.2. The highest BCUT2D eigenvalue weighted by Crippen LogP contribution is 2.26. The van der Waals surface area contributed by atoms with Crippen molar-refractivity contribution in [3.05, 3.63) is 59.7 Å². The van der Waals surface area contributed by atoms with E-state index in [0.717, 1.165) is 23.0 Å². The molecule has 0 spiro atoms. The fourth-order valence-electron chi connectivity index (χ4n) is 3.01. The van der Waals surface area contributed by atoms with Crippen molar-refractivity contribution in [2.24, 2.45) is 0 Å². The van der Waals surface area contributed by atoms with Crippen LogP contribution in [-0.2, 0) is 22.5 Å². The molecule has 3 aromatic rings. The molecule has 1 aliphatic heterocycles. The topological polar surface area (TPSA) is 69.0 Å². The van der Waals surface area contributed by atoms with E-state index in [1.807, 2.05) is 36.4 Å². The molecular weight excluding hydrogens is 304 g/mol. The fourth-order valence-corrected chi connectivity index (χ4v) is 3.01. The monoisotopic (exact) mass is 322 g/mol. The van der Waals surface area contributed by atoms with E-state index < -0.39 is 0 Å². The van der Waals surface area contributed by atoms with Crippen molar-refractivity contribution in [1.82, 2.24) is 20.3 Å². The van der Waals surface area contributed by atoms with Gasteiger partial charge in [0.15, 0.2) is 0 Å². The lowest BCUT2D eigenvalue weighted by Gasteiger charge is -2.26. The van der Waals surface area contributed by atoms with E-state index in [9.17, 15) is 4.79 Å². The number of nitrogens with zero attached hydrogens (tertiary/aromatic N) is 3. The summed E-state index contributed by atoms with van der Waals surface area (Å²) in [6.07, 6.45) is 0.827. The Bertz CT molecular complexity index is 841. The van der Waals surface area contributed by atoms with Gasteiger partial charge in [-0.2, -0.15) is 15.0 Å². The summed E-state index contributed by atoms with van der Waals surface area (Å²) in [5.41, 5.74) is 4.03. The highest BCUT2D eigenvalue weighted by molar-refractivity contribution is 5.77. The Hall–Kier alpha value is -2.73. The molecule has 1 amide bonds. The predicted molar refractivity (Wildman–Crippen MR) is 89.4 cm³/mol. The van der Waals surface area contributed by atoms with Gasteiger partial charge in [-0.15, -0.1) is 0 Å². The predicted octanol–water partition coefficient (Wildman–Crippen LogP) is 1.86. The molecule has 1 aromatic heterocycles. The van der Waals surface area contributed by atoms with Crippen LogP contribution in [0.25, 0.3) is 11.0 Å². The van der Waals surface area contributed by atoms with E-state index in [1.165, 1.54) is 10.4 Å². The Morgan fingerprint density at radius 1 is 1.12 bits per heavy atom. The van der Waals surface area contributed by atoms with Crippen LogP contribution in [0.15, 0.2) is 48.5 Å². The number of carbonyl (C=O) groups excluding carboxylic acids is 1. The van der Waals surface area contributed by atoms with E-state index in [1.54, 1.807) is 0 Å². The van der Waals surface area contributed by atoms with Gasteiger partial charge in [-0.25, -0.2) is 0 Å². The molecule has 6 heteroatoms. The molecule has 0 bridgehead atoms. The van der Waals surface area contributed by atoms with Gasteiger partial charge < -0.3 is 10.1 Å². The molecule has 1 N–H and O–H groups in total. The van der Waals surface area contributed by atoms with Crippen molar-refractivity contribution in [1.29, 1.82) is 0 Å². The summed E-state index contributed by atoms with van der Waals surface area (Å²) < 4.78 is 5.80. The normalized spacial score (nSPS) is 16.8. The van der Waals surface area contributed by atoms with E-state index in [2.05, 4.69) is 27.6 Å². The number of aromatic nitrogens is 3. The van der Waals surface area contributed by atoms with Crippen LogP contribution in [0.1, 0.15) is 17.2 Å². The highest BCUT2D eigenvalue weighted by Gasteiger charge is 2.21. The summed E-state index contributed by atoms with van der Waals surface area (Å²) >= 11 is 0. The maximum Gasteiger partial charge on any atom is 0.243 e. The number of amides is 1. The molecule has 0 aliphatic carbocycles. The largest absolute Gasteiger partial charge is 0.371 e. The second kappa shape index (κ2) is 6.41. The maximum atomic E-state index is 12.2. The number of fused-ring (bicyclic) bond motifs is 2. The van der Waals surface area contributed by atoms with Crippen LogP contribution in [0.5, 0.6) is 0 Å². The van der Waals surface area contributed by atoms with Crippen LogP contribution in [-0.4, -0.2) is 34.1 Å². The molecule has 0 unspecified atom stereocenters. The van der Waals surface area contributed by atoms with E-state index in [4.69, 9.17) is 4.74 Å². The minimum absolute atomic E-state index is 0.0939. The summed E-state index contributed by atoms with van der Waals surface area (Å²) in [4.78, 5) is 13.6. The van der Waals surface area contributed by atoms with Gasteiger partial charge in [0.2, 0.25) is 5.91 Å². The number of hydrogen-bond acceptors (Lipinski definition) is 4. The Balaban J connectivity index is 1.39. The molecule has 1 atom stereocenters. The highest BCUT2D eigenvalue weighted by atomic mass is 16.5. The summed E-state index contributed by atoms with van der Waals surface area (Å²) in [5, 5.41) is 11.5. The number of carbonyl (C=O) groups is 1. The third-order valence-electron chi connectivity index (χ3n) is 4.19. The lowest BCUT2D eigenvalue weighted by atomic mass is 9.97. The van der Waals surface area contributed by atoms with E-state index >= 15 is 0 Å². The number of ether oxygens (including phenoxy) is 1. The Labute approximate surface area is 139 Å². The number of hydrogen-bond donors (Lipinski definition) is 1. The van der Waals surface area contributed by atoms with Crippen LogP contribution < -0.4 is 5.32 Å². The quantitative estimate of drug-likeness (QED) is 0.796. The summed E-state index contributed by atoms with van der Waals surface area (Å²) in [6, 6.07) is 15.8. The second-order valence-corrected chi connectivity index (χ2v) is 5.83. The van der Waals surface area contributed by atoms with Gasteiger partial charge in [0, 0.05) is 6.54 Å². The molecule has 0 fully saturated rings. The Kier molecular flexibility index (Phi) is 3.96. The zero-order chi connectivity index (χ0) is 16.4. The second-order valence-electron chi connectivity index (χ2n) is 5.83. The van der Waals surface area contributed by atoms with Crippen molar-refractivity contribution < 1.29 is 9.53 Å². The van der Waals surface area contributed by atoms with Crippen molar-refractivity contribution >= 4 is 16.9 Å². The van der Waals surface area contributed by atoms with Gasteiger partial charge in [0.05, 0.1) is 6.61 Å². The maximum absolute atomic E-state index is 12.2. The summed E-state index contributed by atoms with van der Waals surface area (Å²) in [6.45, 7) is 1.24. The molecular formula is C18H18N4O2.